The number of esters is 1. The number of carbonyl (C=O) groups excluding carboxylic acids is 1. The fraction of sp³-hybridized carbons (Fsp3) is 0.611. The Labute approximate surface area is 133 Å². The highest BCUT2D eigenvalue weighted by atomic mass is 16.6. The highest BCUT2D eigenvalue weighted by molar-refractivity contribution is 5.78. The van der Waals surface area contributed by atoms with Crippen LogP contribution in [0.3, 0.4) is 0 Å². The van der Waals surface area contributed by atoms with Gasteiger partial charge in [0.2, 0.25) is 0 Å². The van der Waals surface area contributed by atoms with Crippen molar-refractivity contribution in [2.24, 2.45) is 5.41 Å². The lowest BCUT2D eigenvalue weighted by Crippen LogP contribution is -2.47. The zero-order valence-electron chi connectivity index (χ0n) is 13.6. The largest absolute Gasteiger partial charge is 0.462 e. The van der Waals surface area contributed by atoms with E-state index in [2.05, 4.69) is 40.1 Å². The van der Waals surface area contributed by atoms with Crippen LogP contribution in [0.1, 0.15) is 26.7 Å². The smallest absolute Gasteiger partial charge is 0.311 e. The van der Waals surface area contributed by atoms with Gasteiger partial charge >= 0.3 is 5.97 Å². The molecule has 3 rings (SSSR count). The van der Waals surface area contributed by atoms with Crippen LogP contribution in [0.5, 0.6) is 0 Å². The molecular weight excluding hydrogens is 276 g/mol. The Balaban J connectivity index is 1.42. The molecule has 4 heteroatoms. The zero-order chi connectivity index (χ0) is 15.6. The van der Waals surface area contributed by atoms with Gasteiger partial charge in [-0.2, -0.15) is 0 Å². The normalized spacial score (nSPS) is 25.3. The maximum atomic E-state index is 11.7. The summed E-state index contributed by atoms with van der Waals surface area (Å²) in [5.41, 5.74) is 1.02. The molecule has 22 heavy (non-hydrogen) atoms. The molecule has 1 aromatic rings. The molecule has 1 unspecified atom stereocenters. The van der Waals surface area contributed by atoms with Crippen LogP contribution >= 0.6 is 0 Å². The highest BCUT2D eigenvalue weighted by Gasteiger charge is 2.41. The molecule has 2 fully saturated rings. The number of nitrogens with zero attached hydrogens (tertiary/aromatic N) is 2. The lowest BCUT2D eigenvalue weighted by molar-refractivity contribution is -0.147. The first-order chi connectivity index (χ1) is 10.5. The van der Waals surface area contributed by atoms with Crippen molar-refractivity contribution in [1.82, 2.24) is 4.90 Å². The number of carbonyl (C=O) groups is 1. The van der Waals surface area contributed by atoms with Gasteiger partial charge in [-0.1, -0.05) is 18.2 Å². The maximum absolute atomic E-state index is 11.7. The Bertz CT molecular complexity index is 507. The Morgan fingerprint density at radius 1 is 1.14 bits per heavy atom. The molecule has 0 bridgehead atoms. The molecule has 1 aromatic carbocycles. The summed E-state index contributed by atoms with van der Waals surface area (Å²) >= 11 is 0. The summed E-state index contributed by atoms with van der Waals surface area (Å²) in [4.78, 5) is 16.6. The van der Waals surface area contributed by atoms with E-state index in [1.165, 1.54) is 5.69 Å². The van der Waals surface area contributed by atoms with Crippen molar-refractivity contribution in [3.63, 3.8) is 0 Å². The predicted octanol–water partition coefficient (Wildman–Crippen LogP) is 2.54. The van der Waals surface area contributed by atoms with Gasteiger partial charge in [-0.15, -0.1) is 0 Å². The van der Waals surface area contributed by atoms with E-state index >= 15 is 0 Å². The fourth-order valence-corrected chi connectivity index (χ4v) is 3.36. The lowest BCUT2D eigenvalue weighted by Gasteiger charge is -2.36. The van der Waals surface area contributed by atoms with Crippen LogP contribution in [-0.2, 0) is 9.53 Å². The molecule has 0 aliphatic carbocycles. The third-order valence-electron chi connectivity index (χ3n) is 4.83. The van der Waals surface area contributed by atoms with E-state index in [9.17, 15) is 4.79 Å². The molecule has 0 saturated carbocycles. The second-order valence-electron chi connectivity index (χ2n) is 7.07. The van der Waals surface area contributed by atoms with Gasteiger partial charge in [0.15, 0.2) is 0 Å². The van der Waals surface area contributed by atoms with Crippen molar-refractivity contribution >= 4 is 11.7 Å². The van der Waals surface area contributed by atoms with Crippen molar-refractivity contribution in [2.45, 2.75) is 32.8 Å². The van der Waals surface area contributed by atoms with Crippen molar-refractivity contribution in [1.29, 1.82) is 0 Å². The summed E-state index contributed by atoms with van der Waals surface area (Å²) in [7, 11) is 0. The molecule has 0 aromatic heterocycles. The third kappa shape index (κ3) is 3.43. The monoisotopic (exact) mass is 302 g/mol. The average molecular weight is 302 g/mol. The Morgan fingerprint density at radius 2 is 1.82 bits per heavy atom. The number of rotatable bonds is 4. The number of hydrogen-bond acceptors (Lipinski definition) is 4. The summed E-state index contributed by atoms with van der Waals surface area (Å²) < 4.78 is 5.48. The number of piperazine rings is 1. The van der Waals surface area contributed by atoms with Gasteiger partial charge < -0.3 is 9.64 Å². The van der Waals surface area contributed by atoms with Gasteiger partial charge in [-0.05, 0) is 38.8 Å². The first-order valence-corrected chi connectivity index (χ1v) is 8.28. The molecule has 120 valence electrons. The topological polar surface area (TPSA) is 32.8 Å². The van der Waals surface area contributed by atoms with Crippen LogP contribution in [0, 0.1) is 5.41 Å². The minimum Gasteiger partial charge on any atom is -0.462 e. The van der Waals surface area contributed by atoms with Crippen LogP contribution in [0.2, 0.25) is 0 Å². The van der Waals surface area contributed by atoms with Gasteiger partial charge in [0.1, 0.15) is 6.10 Å². The van der Waals surface area contributed by atoms with Gasteiger partial charge in [0.05, 0.1) is 5.41 Å². The van der Waals surface area contributed by atoms with Gasteiger partial charge in [-0.25, -0.2) is 0 Å². The predicted molar refractivity (Wildman–Crippen MR) is 88.0 cm³/mol. The molecule has 2 heterocycles. The zero-order valence-corrected chi connectivity index (χ0v) is 13.6. The second-order valence-corrected chi connectivity index (χ2v) is 7.07. The van der Waals surface area contributed by atoms with Crippen LogP contribution in [-0.4, -0.2) is 49.7 Å². The Morgan fingerprint density at radius 3 is 2.41 bits per heavy atom. The van der Waals surface area contributed by atoms with Crippen LogP contribution in [0.4, 0.5) is 5.69 Å². The van der Waals surface area contributed by atoms with Gasteiger partial charge in [0, 0.05) is 38.4 Å². The molecule has 0 N–H and O–H groups in total. The molecule has 0 spiro atoms. The van der Waals surface area contributed by atoms with E-state index in [1.54, 1.807) is 0 Å². The van der Waals surface area contributed by atoms with E-state index < -0.39 is 0 Å². The molecule has 2 aliphatic rings. The van der Waals surface area contributed by atoms with Crippen LogP contribution in [0.25, 0.3) is 0 Å². The number of hydrogen-bond donors (Lipinski definition) is 0. The summed E-state index contributed by atoms with van der Waals surface area (Å²) in [6, 6.07) is 10.6. The minimum atomic E-state index is -0.295. The SMILES string of the molecule is CC1(C)CC(CCN2CCN(c3ccccc3)CC2)OC1=O. The lowest BCUT2D eigenvalue weighted by atomic mass is 9.89. The van der Waals surface area contributed by atoms with Crippen LogP contribution < -0.4 is 4.90 Å². The van der Waals surface area contributed by atoms with Crippen molar-refractivity contribution in [2.75, 3.05) is 37.6 Å². The number of para-hydroxylation sites is 1. The van der Waals surface area contributed by atoms with Crippen molar-refractivity contribution < 1.29 is 9.53 Å². The van der Waals surface area contributed by atoms with E-state index in [0.717, 1.165) is 45.6 Å². The number of anilines is 1. The molecule has 1 atom stereocenters. The Hall–Kier alpha value is -1.55. The number of benzene rings is 1. The summed E-state index contributed by atoms with van der Waals surface area (Å²) in [5.74, 6) is -0.0357. The summed E-state index contributed by atoms with van der Waals surface area (Å²) in [5, 5.41) is 0. The molecule has 4 nitrogen and oxygen atoms in total. The summed E-state index contributed by atoms with van der Waals surface area (Å²) in [6.07, 6.45) is 1.92. The fourth-order valence-electron chi connectivity index (χ4n) is 3.36. The molecule has 2 saturated heterocycles. The maximum Gasteiger partial charge on any atom is 0.311 e. The van der Waals surface area contributed by atoms with Crippen molar-refractivity contribution in [3.8, 4) is 0 Å². The van der Waals surface area contributed by atoms with E-state index in [-0.39, 0.29) is 17.5 Å². The molecule has 2 aliphatic heterocycles. The summed E-state index contributed by atoms with van der Waals surface area (Å²) in [6.45, 7) is 9.29. The first-order valence-electron chi connectivity index (χ1n) is 8.28. The van der Waals surface area contributed by atoms with E-state index in [0.29, 0.717) is 0 Å². The Kier molecular flexibility index (Phi) is 4.39. The third-order valence-corrected chi connectivity index (χ3v) is 4.83. The minimum absolute atomic E-state index is 0.0357. The van der Waals surface area contributed by atoms with E-state index in [1.807, 2.05) is 13.8 Å². The first kappa shape index (κ1) is 15.3. The van der Waals surface area contributed by atoms with Crippen LogP contribution in [0.15, 0.2) is 30.3 Å². The average Bonchev–Trinajstić information content (AvgIpc) is 2.79. The second kappa shape index (κ2) is 6.29. The van der Waals surface area contributed by atoms with Crippen molar-refractivity contribution in [3.05, 3.63) is 30.3 Å². The van der Waals surface area contributed by atoms with Gasteiger partial charge in [-0.3, -0.25) is 9.69 Å². The number of cyclic esters (lactones) is 1. The van der Waals surface area contributed by atoms with Gasteiger partial charge in [0.25, 0.3) is 0 Å². The quantitative estimate of drug-likeness (QED) is 0.800. The standard InChI is InChI=1S/C18H26N2O2/c1-18(2)14-16(22-17(18)21)8-9-19-10-12-20(13-11-19)15-6-4-3-5-7-15/h3-7,16H,8-14H2,1-2H3. The molecular formula is C18H26N2O2. The highest BCUT2D eigenvalue weighted by Crippen LogP contribution is 2.34. The number of ether oxygens (including phenoxy) is 1. The molecule has 0 radical (unpaired) electrons. The molecule has 0 amide bonds. The van der Waals surface area contributed by atoms with E-state index in [4.69, 9.17) is 4.74 Å².